The third-order valence-corrected chi connectivity index (χ3v) is 4.61. The minimum absolute atomic E-state index is 0.151. The predicted molar refractivity (Wildman–Crippen MR) is 87.9 cm³/mol. The number of hydrogen-bond donors (Lipinski definition) is 1. The maximum atomic E-state index is 12.3. The van der Waals surface area contributed by atoms with E-state index >= 15 is 0 Å². The second-order valence-corrected chi connectivity index (χ2v) is 6.35. The molecule has 136 valence electrons. The van der Waals surface area contributed by atoms with Gasteiger partial charge in [0.2, 0.25) is 11.7 Å². The first-order valence-electron chi connectivity index (χ1n) is 8.40. The largest absolute Gasteiger partial charge is 0.509 e. The number of urea groups is 1. The number of nitrogens with one attached hydrogen (secondary N) is 1. The number of amides is 2. The lowest BCUT2D eigenvalue weighted by Crippen LogP contribution is -2.50. The lowest BCUT2D eigenvalue weighted by atomic mass is 9.92. The summed E-state index contributed by atoms with van der Waals surface area (Å²) in [6, 6.07) is 9.24. The third kappa shape index (κ3) is 3.32. The van der Waals surface area contributed by atoms with E-state index in [1.165, 1.54) is 0 Å². The SMILES string of the molecule is O=C1OCC2(CCN(C(=O)NCc3nc(-c4ccccc4)no3)CC2)O1. The van der Waals surface area contributed by atoms with Gasteiger partial charge in [0.05, 0.1) is 6.54 Å². The summed E-state index contributed by atoms with van der Waals surface area (Å²) in [5, 5.41) is 6.69. The van der Waals surface area contributed by atoms with Crippen LogP contribution in [-0.2, 0) is 16.0 Å². The molecule has 2 aliphatic rings. The van der Waals surface area contributed by atoms with Crippen LogP contribution in [0.25, 0.3) is 11.4 Å². The highest BCUT2D eigenvalue weighted by Gasteiger charge is 2.45. The zero-order valence-corrected chi connectivity index (χ0v) is 14.0. The zero-order chi connectivity index (χ0) is 18.0. The van der Waals surface area contributed by atoms with Crippen LogP contribution >= 0.6 is 0 Å². The van der Waals surface area contributed by atoms with E-state index in [1.54, 1.807) is 4.90 Å². The van der Waals surface area contributed by atoms with Crippen LogP contribution in [0.2, 0.25) is 0 Å². The fourth-order valence-corrected chi connectivity index (χ4v) is 3.08. The highest BCUT2D eigenvalue weighted by Crippen LogP contribution is 2.31. The first-order chi connectivity index (χ1) is 12.6. The molecule has 26 heavy (non-hydrogen) atoms. The number of hydrogen-bond acceptors (Lipinski definition) is 7. The third-order valence-electron chi connectivity index (χ3n) is 4.61. The van der Waals surface area contributed by atoms with E-state index in [2.05, 4.69) is 15.5 Å². The van der Waals surface area contributed by atoms with Crippen LogP contribution in [0.5, 0.6) is 0 Å². The molecule has 0 radical (unpaired) electrons. The molecule has 1 aromatic carbocycles. The van der Waals surface area contributed by atoms with E-state index in [9.17, 15) is 9.59 Å². The Labute approximate surface area is 149 Å². The van der Waals surface area contributed by atoms with Crippen molar-refractivity contribution >= 4 is 12.2 Å². The van der Waals surface area contributed by atoms with Crippen LogP contribution in [0.1, 0.15) is 18.7 Å². The molecular weight excluding hydrogens is 340 g/mol. The number of carbonyl (C=O) groups excluding carboxylic acids is 2. The van der Waals surface area contributed by atoms with E-state index < -0.39 is 11.8 Å². The van der Waals surface area contributed by atoms with E-state index in [0.29, 0.717) is 37.6 Å². The van der Waals surface area contributed by atoms with Crippen molar-refractivity contribution in [1.29, 1.82) is 0 Å². The van der Waals surface area contributed by atoms with Gasteiger partial charge in [-0.3, -0.25) is 0 Å². The average Bonchev–Trinajstić information content (AvgIpc) is 3.28. The topological polar surface area (TPSA) is 107 Å². The van der Waals surface area contributed by atoms with Crippen molar-refractivity contribution in [1.82, 2.24) is 20.4 Å². The summed E-state index contributed by atoms with van der Waals surface area (Å²) in [4.78, 5) is 29.4. The molecule has 0 aliphatic carbocycles. The Morgan fingerprint density at radius 1 is 1.23 bits per heavy atom. The number of rotatable bonds is 3. The highest BCUT2D eigenvalue weighted by molar-refractivity contribution is 5.74. The van der Waals surface area contributed by atoms with Gasteiger partial charge in [-0.25, -0.2) is 9.59 Å². The predicted octanol–water partition coefficient (Wildman–Crippen LogP) is 1.95. The summed E-state index contributed by atoms with van der Waals surface area (Å²) in [7, 11) is 0. The summed E-state index contributed by atoms with van der Waals surface area (Å²) in [5.41, 5.74) is 0.272. The Morgan fingerprint density at radius 2 is 2.00 bits per heavy atom. The van der Waals surface area contributed by atoms with Gasteiger partial charge >= 0.3 is 12.2 Å². The first-order valence-corrected chi connectivity index (χ1v) is 8.40. The molecule has 1 spiro atoms. The fraction of sp³-hybridized carbons (Fsp3) is 0.412. The number of ether oxygens (including phenoxy) is 2. The van der Waals surface area contributed by atoms with Crippen LogP contribution in [0.15, 0.2) is 34.9 Å². The average molecular weight is 358 g/mol. The Hall–Kier alpha value is -3.10. The summed E-state index contributed by atoms with van der Waals surface area (Å²) in [5.74, 6) is 0.821. The molecule has 0 atom stereocenters. The van der Waals surface area contributed by atoms with Gasteiger partial charge in [0.15, 0.2) is 5.60 Å². The van der Waals surface area contributed by atoms with E-state index in [1.807, 2.05) is 30.3 Å². The molecule has 2 aromatic rings. The van der Waals surface area contributed by atoms with Crippen molar-refractivity contribution in [3.8, 4) is 11.4 Å². The van der Waals surface area contributed by atoms with Gasteiger partial charge in [0.1, 0.15) is 6.61 Å². The number of benzene rings is 1. The first kappa shape index (κ1) is 16.4. The van der Waals surface area contributed by atoms with Crippen LogP contribution in [0, 0.1) is 0 Å². The standard InChI is InChI=1S/C17H18N4O5/c22-15(21-8-6-17(7-9-21)11-24-16(23)25-17)18-10-13-19-14(20-26-13)12-4-2-1-3-5-12/h1-5H,6-11H2,(H,18,22). The molecule has 2 aliphatic heterocycles. The number of aromatic nitrogens is 2. The van der Waals surface area contributed by atoms with Crippen molar-refractivity contribution in [2.45, 2.75) is 25.0 Å². The number of piperidine rings is 1. The molecule has 1 aromatic heterocycles. The minimum Gasteiger partial charge on any atom is -0.430 e. The normalized spacial score (nSPS) is 18.5. The zero-order valence-electron chi connectivity index (χ0n) is 14.0. The van der Waals surface area contributed by atoms with Gasteiger partial charge in [-0.05, 0) is 0 Å². The molecule has 2 saturated heterocycles. The maximum Gasteiger partial charge on any atom is 0.509 e. The van der Waals surface area contributed by atoms with Crippen molar-refractivity contribution < 1.29 is 23.6 Å². The summed E-state index contributed by atoms with van der Waals surface area (Å²) < 4.78 is 15.3. The summed E-state index contributed by atoms with van der Waals surface area (Å²) in [6.45, 7) is 1.38. The van der Waals surface area contributed by atoms with Gasteiger partial charge in [-0.1, -0.05) is 35.5 Å². The minimum atomic E-state index is -0.631. The second kappa shape index (κ2) is 6.66. The monoisotopic (exact) mass is 358 g/mol. The number of carbonyl (C=O) groups is 2. The lowest BCUT2D eigenvalue weighted by molar-refractivity contribution is 0.00927. The molecule has 1 N–H and O–H groups in total. The molecule has 0 saturated carbocycles. The maximum absolute atomic E-state index is 12.3. The molecule has 4 rings (SSSR count). The Kier molecular flexibility index (Phi) is 4.19. The fourth-order valence-electron chi connectivity index (χ4n) is 3.08. The molecule has 9 nitrogen and oxygen atoms in total. The number of cyclic esters (lactones) is 1. The van der Waals surface area contributed by atoms with Crippen LogP contribution in [0.3, 0.4) is 0 Å². The van der Waals surface area contributed by atoms with Gasteiger partial charge in [-0.15, -0.1) is 0 Å². The molecule has 2 fully saturated rings. The van der Waals surface area contributed by atoms with Crippen molar-refractivity contribution in [3.05, 3.63) is 36.2 Å². The smallest absolute Gasteiger partial charge is 0.430 e. The van der Waals surface area contributed by atoms with Crippen LogP contribution < -0.4 is 5.32 Å². The summed E-state index contributed by atoms with van der Waals surface area (Å²) >= 11 is 0. The quantitative estimate of drug-likeness (QED) is 0.836. The highest BCUT2D eigenvalue weighted by atomic mass is 16.8. The van der Waals surface area contributed by atoms with Crippen molar-refractivity contribution in [2.75, 3.05) is 19.7 Å². The van der Waals surface area contributed by atoms with Gasteiger partial charge in [0, 0.05) is 31.5 Å². The van der Waals surface area contributed by atoms with Gasteiger partial charge < -0.3 is 24.2 Å². The molecule has 0 unspecified atom stereocenters. The molecule has 9 heteroatoms. The molecule has 0 bridgehead atoms. The van der Waals surface area contributed by atoms with Crippen LogP contribution in [-0.4, -0.2) is 52.5 Å². The van der Waals surface area contributed by atoms with E-state index in [4.69, 9.17) is 14.0 Å². The Balaban J connectivity index is 1.28. The molecular formula is C17H18N4O5. The van der Waals surface area contributed by atoms with E-state index in [0.717, 1.165) is 5.56 Å². The van der Waals surface area contributed by atoms with Gasteiger partial charge in [0.25, 0.3) is 0 Å². The lowest BCUT2D eigenvalue weighted by Gasteiger charge is -2.36. The number of nitrogens with zero attached hydrogens (tertiary/aromatic N) is 3. The van der Waals surface area contributed by atoms with Gasteiger partial charge in [-0.2, -0.15) is 4.98 Å². The van der Waals surface area contributed by atoms with E-state index in [-0.39, 0.29) is 19.2 Å². The second-order valence-electron chi connectivity index (χ2n) is 6.35. The molecule has 3 heterocycles. The van der Waals surface area contributed by atoms with Crippen molar-refractivity contribution in [2.24, 2.45) is 0 Å². The number of likely N-dealkylation sites (tertiary alicyclic amines) is 1. The van der Waals surface area contributed by atoms with Crippen molar-refractivity contribution in [3.63, 3.8) is 0 Å². The molecule has 2 amide bonds. The van der Waals surface area contributed by atoms with Crippen LogP contribution in [0.4, 0.5) is 9.59 Å². The Bertz CT molecular complexity index is 798. The summed E-state index contributed by atoms with van der Waals surface area (Å²) in [6.07, 6.45) is 0.490. The Morgan fingerprint density at radius 3 is 2.69 bits per heavy atom.